The van der Waals surface area contributed by atoms with Crippen LogP contribution in [0.4, 0.5) is 10.1 Å². The smallest absolute Gasteiger partial charge is 0.189 e. The summed E-state index contributed by atoms with van der Waals surface area (Å²) in [5.41, 5.74) is 5.88. The molecule has 0 saturated heterocycles. The molecular weight excluding hydrogens is 207 g/mol. The average Bonchev–Trinajstić information content (AvgIpc) is 2.51. The number of nitrogens with two attached hydrogens (primary N) is 1. The Morgan fingerprint density at radius 3 is 2.79 bits per heavy atom. The molecule has 0 aliphatic heterocycles. The van der Waals surface area contributed by atoms with Crippen molar-refractivity contribution in [3.05, 3.63) is 35.5 Å². The van der Waals surface area contributed by atoms with Crippen LogP contribution in [0.3, 0.4) is 0 Å². The Labute approximate surface area is 84.1 Å². The quantitative estimate of drug-likeness (QED) is 0.782. The van der Waals surface area contributed by atoms with E-state index in [0.29, 0.717) is 5.69 Å². The number of halogens is 2. The fourth-order valence-corrected chi connectivity index (χ4v) is 1.17. The number of hydrogen-bond donors (Lipinski definition) is 1. The fraction of sp³-hybridized carbons (Fsp3) is 0. The molecule has 0 spiro atoms. The molecule has 2 aromatic rings. The van der Waals surface area contributed by atoms with Crippen LogP contribution in [0.25, 0.3) is 5.82 Å². The summed E-state index contributed by atoms with van der Waals surface area (Å²) in [5.74, 6) is -0.466. The summed E-state index contributed by atoms with van der Waals surface area (Å²) < 4.78 is 14.5. The van der Waals surface area contributed by atoms with Crippen molar-refractivity contribution in [1.29, 1.82) is 0 Å². The minimum Gasteiger partial charge on any atom is -0.396 e. The second-order valence-electron chi connectivity index (χ2n) is 2.68. The molecule has 2 heterocycles. The van der Waals surface area contributed by atoms with Gasteiger partial charge < -0.3 is 5.73 Å². The van der Waals surface area contributed by atoms with Crippen LogP contribution in [0.15, 0.2) is 24.7 Å². The van der Waals surface area contributed by atoms with Crippen molar-refractivity contribution in [3.63, 3.8) is 0 Å². The van der Waals surface area contributed by atoms with Gasteiger partial charge in [-0.25, -0.2) is 14.1 Å². The first-order valence-electron chi connectivity index (χ1n) is 3.78. The third-order valence-corrected chi connectivity index (χ3v) is 1.81. The fourth-order valence-electron chi connectivity index (χ4n) is 1.03. The molecule has 0 amide bonds. The minimum atomic E-state index is -0.541. The van der Waals surface area contributed by atoms with Gasteiger partial charge >= 0.3 is 0 Å². The van der Waals surface area contributed by atoms with E-state index in [2.05, 4.69) is 10.1 Å². The summed E-state index contributed by atoms with van der Waals surface area (Å²) >= 11 is 5.55. The molecule has 72 valence electrons. The van der Waals surface area contributed by atoms with Crippen molar-refractivity contribution in [1.82, 2.24) is 14.8 Å². The van der Waals surface area contributed by atoms with Crippen molar-refractivity contribution in [3.8, 4) is 5.82 Å². The molecule has 0 aromatic carbocycles. The zero-order valence-corrected chi connectivity index (χ0v) is 7.74. The molecule has 2 rings (SSSR count). The number of nitrogens with zero attached hydrogens (tertiary/aromatic N) is 3. The van der Waals surface area contributed by atoms with Crippen LogP contribution < -0.4 is 5.73 Å². The molecule has 0 unspecified atom stereocenters. The van der Waals surface area contributed by atoms with Gasteiger partial charge in [0.1, 0.15) is 0 Å². The summed E-state index contributed by atoms with van der Waals surface area (Å²) in [4.78, 5) is 3.80. The lowest BCUT2D eigenvalue weighted by Crippen LogP contribution is -2.01. The van der Waals surface area contributed by atoms with Crippen molar-refractivity contribution < 1.29 is 4.39 Å². The highest BCUT2D eigenvalue weighted by atomic mass is 35.5. The van der Waals surface area contributed by atoms with Gasteiger partial charge in [-0.2, -0.15) is 5.10 Å². The maximum Gasteiger partial charge on any atom is 0.189 e. The summed E-state index contributed by atoms with van der Waals surface area (Å²) in [5, 5.41) is 4.06. The van der Waals surface area contributed by atoms with E-state index in [4.69, 9.17) is 17.3 Å². The second-order valence-corrected chi connectivity index (χ2v) is 3.11. The minimum absolute atomic E-state index is 0.0751. The molecule has 0 bridgehead atoms. The molecule has 0 saturated carbocycles. The number of hydrogen-bond acceptors (Lipinski definition) is 3. The number of rotatable bonds is 1. The second kappa shape index (κ2) is 3.26. The van der Waals surface area contributed by atoms with Crippen molar-refractivity contribution >= 4 is 17.3 Å². The van der Waals surface area contributed by atoms with Gasteiger partial charge in [0.25, 0.3) is 0 Å². The van der Waals surface area contributed by atoms with Gasteiger partial charge in [0, 0.05) is 6.20 Å². The Kier molecular flexibility index (Phi) is 2.09. The van der Waals surface area contributed by atoms with Gasteiger partial charge in [-0.3, -0.25) is 0 Å². The maximum atomic E-state index is 13.3. The topological polar surface area (TPSA) is 56.7 Å². The van der Waals surface area contributed by atoms with E-state index in [9.17, 15) is 4.39 Å². The monoisotopic (exact) mass is 212 g/mol. The van der Waals surface area contributed by atoms with Gasteiger partial charge in [-0.05, 0) is 6.07 Å². The molecule has 6 heteroatoms. The van der Waals surface area contributed by atoms with Crippen molar-refractivity contribution in [2.45, 2.75) is 0 Å². The summed E-state index contributed by atoms with van der Waals surface area (Å²) in [6.07, 6.45) is 4.23. The normalized spacial score (nSPS) is 10.4. The zero-order valence-electron chi connectivity index (χ0n) is 6.98. The molecule has 0 aliphatic carbocycles. The van der Waals surface area contributed by atoms with E-state index in [-0.39, 0.29) is 10.8 Å². The molecule has 0 aliphatic rings. The lowest BCUT2D eigenvalue weighted by atomic mass is 10.4. The largest absolute Gasteiger partial charge is 0.396 e. The SMILES string of the molecule is Nc1cnn(-c2ncc(Cl)cc2F)c1. The van der Waals surface area contributed by atoms with E-state index >= 15 is 0 Å². The van der Waals surface area contributed by atoms with E-state index in [1.165, 1.54) is 29.3 Å². The lowest BCUT2D eigenvalue weighted by Gasteiger charge is -2.00. The lowest BCUT2D eigenvalue weighted by molar-refractivity contribution is 0.601. The van der Waals surface area contributed by atoms with Gasteiger partial charge in [0.15, 0.2) is 11.6 Å². The summed E-state index contributed by atoms with van der Waals surface area (Å²) in [6, 6.07) is 1.17. The molecule has 2 aromatic heterocycles. The van der Waals surface area contributed by atoms with E-state index in [1.54, 1.807) is 0 Å². The third kappa shape index (κ3) is 1.54. The molecule has 2 N–H and O–H groups in total. The van der Waals surface area contributed by atoms with Crippen LogP contribution in [0.1, 0.15) is 0 Å². The molecule has 0 fully saturated rings. The first kappa shape index (κ1) is 8.96. The molecule has 14 heavy (non-hydrogen) atoms. The first-order chi connectivity index (χ1) is 6.66. The number of anilines is 1. The maximum absolute atomic E-state index is 13.3. The Morgan fingerprint density at radius 1 is 1.43 bits per heavy atom. The number of pyridine rings is 1. The van der Waals surface area contributed by atoms with Crippen LogP contribution in [-0.2, 0) is 0 Å². The van der Waals surface area contributed by atoms with Crippen LogP contribution >= 0.6 is 11.6 Å². The predicted molar refractivity (Wildman–Crippen MR) is 50.7 cm³/mol. The van der Waals surface area contributed by atoms with E-state index in [0.717, 1.165) is 0 Å². The Balaban J connectivity index is 2.52. The predicted octanol–water partition coefficient (Wildman–Crippen LogP) is 1.64. The Morgan fingerprint density at radius 2 is 2.21 bits per heavy atom. The number of aromatic nitrogens is 3. The highest BCUT2D eigenvalue weighted by Crippen LogP contribution is 2.15. The molecule has 0 radical (unpaired) electrons. The van der Waals surface area contributed by atoms with Crippen LogP contribution in [0.5, 0.6) is 0 Å². The van der Waals surface area contributed by atoms with E-state index in [1.807, 2.05) is 0 Å². The van der Waals surface area contributed by atoms with Gasteiger partial charge in [0.05, 0.1) is 23.1 Å². The first-order valence-corrected chi connectivity index (χ1v) is 4.16. The molecule has 0 atom stereocenters. The summed E-state index contributed by atoms with van der Waals surface area (Å²) in [7, 11) is 0. The third-order valence-electron chi connectivity index (χ3n) is 1.61. The zero-order chi connectivity index (χ0) is 10.1. The number of nitrogen functional groups attached to an aromatic ring is 1. The Hall–Kier alpha value is -1.62. The van der Waals surface area contributed by atoms with Crippen molar-refractivity contribution in [2.24, 2.45) is 0 Å². The highest BCUT2D eigenvalue weighted by Gasteiger charge is 2.07. The highest BCUT2D eigenvalue weighted by molar-refractivity contribution is 6.30. The summed E-state index contributed by atoms with van der Waals surface area (Å²) in [6.45, 7) is 0. The standard InChI is InChI=1S/C8H6ClFN4/c9-5-1-7(10)8(12-2-5)14-4-6(11)3-13-14/h1-4H,11H2. The van der Waals surface area contributed by atoms with Crippen LogP contribution in [0.2, 0.25) is 5.02 Å². The van der Waals surface area contributed by atoms with Gasteiger partial charge in [-0.15, -0.1) is 0 Å². The average molecular weight is 213 g/mol. The molecular formula is C8H6ClFN4. The van der Waals surface area contributed by atoms with Gasteiger partial charge in [0.2, 0.25) is 0 Å². The van der Waals surface area contributed by atoms with Crippen molar-refractivity contribution in [2.75, 3.05) is 5.73 Å². The van der Waals surface area contributed by atoms with E-state index < -0.39 is 5.82 Å². The Bertz CT molecular complexity index is 468. The van der Waals surface area contributed by atoms with Crippen LogP contribution in [0, 0.1) is 5.82 Å². The van der Waals surface area contributed by atoms with Gasteiger partial charge in [-0.1, -0.05) is 11.6 Å². The molecule has 4 nitrogen and oxygen atoms in total. The van der Waals surface area contributed by atoms with Crippen LogP contribution in [-0.4, -0.2) is 14.8 Å².